The summed E-state index contributed by atoms with van der Waals surface area (Å²) in [4.78, 5) is 12.6. The molecule has 20 heavy (non-hydrogen) atoms. The summed E-state index contributed by atoms with van der Waals surface area (Å²) in [5.74, 6) is 0.460. The molecule has 0 radical (unpaired) electrons. The Kier molecular flexibility index (Phi) is 4.51. The van der Waals surface area contributed by atoms with Gasteiger partial charge in [-0.05, 0) is 55.3 Å². The number of benzene rings is 2. The van der Waals surface area contributed by atoms with Gasteiger partial charge in [0.25, 0.3) is 0 Å². The molecule has 0 saturated carbocycles. The molecule has 2 nitrogen and oxygen atoms in total. The predicted octanol–water partition coefficient (Wildman–Crippen LogP) is 4.96. The number of rotatable bonds is 3. The third kappa shape index (κ3) is 3.05. The molecule has 0 aliphatic carbocycles. The van der Waals surface area contributed by atoms with Crippen molar-refractivity contribution < 1.29 is 9.53 Å². The van der Waals surface area contributed by atoms with E-state index in [9.17, 15) is 4.79 Å². The maximum absolute atomic E-state index is 12.6. The third-order valence-corrected chi connectivity index (χ3v) is 4.10. The van der Waals surface area contributed by atoms with Crippen LogP contribution in [0.15, 0.2) is 34.8 Å². The standard InChI is InChI=1S/C16H14BrClO2/c1-9-4-11(7-12(18)5-9)16(19)13-8-14(17)10(2)6-15(13)20-3/h4-8H,1-3H3. The maximum atomic E-state index is 12.6. The zero-order valence-corrected chi connectivity index (χ0v) is 13.8. The van der Waals surface area contributed by atoms with Gasteiger partial charge >= 0.3 is 0 Å². The normalized spacial score (nSPS) is 10.4. The molecule has 2 rings (SSSR count). The average Bonchev–Trinajstić information content (AvgIpc) is 2.39. The van der Waals surface area contributed by atoms with Crippen LogP contribution in [0.1, 0.15) is 27.0 Å². The van der Waals surface area contributed by atoms with E-state index in [1.165, 1.54) is 0 Å². The average molecular weight is 354 g/mol. The molecule has 0 amide bonds. The van der Waals surface area contributed by atoms with Crippen LogP contribution in [0.4, 0.5) is 0 Å². The van der Waals surface area contributed by atoms with Gasteiger partial charge in [-0.2, -0.15) is 0 Å². The van der Waals surface area contributed by atoms with Crippen molar-refractivity contribution in [2.24, 2.45) is 0 Å². The Morgan fingerprint density at radius 3 is 2.45 bits per heavy atom. The van der Waals surface area contributed by atoms with Gasteiger partial charge in [-0.1, -0.05) is 27.5 Å². The lowest BCUT2D eigenvalue weighted by molar-refractivity contribution is 0.103. The molecule has 0 bridgehead atoms. The van der Waals surface area contributed by atoms with E-state index in [1.54, 1.807) is 19.2 Å². The third-order valence-electron chi connectivity index (χ3n) is 3.03. The van der Waals surface area contributed by atoms with E-state index in [-0.39, 0.29) is 5.78 Å². The highest BCUT2D eigenvalue weighted by molar-refractivity contribution is 9.10. The lowest BCUT2D eigenvalue weighted by atomic mass is 10.00. The number of aryl methyl sites for hydroxylation is 2. The lowest BCUT2D eigenvalue weighted by Crippen LogP contribution is -2.05. The number of hydrogen-bond donors (Lipinski definition) is 0. The molecule has 0 aliphatic heterocycles. The van der Waals surface area contributed by atoms with E-state index < -0.39 is 0 Å². The first-order valence-electron chi connectivity index (χ1n) is 6.08. The first-order chi connectivity index (χ1) is 9.42. The number of methoxy groups -OCH3 is 1. The second kappa shape index (κ2) is 5.98. The van der Waals surface area contributed by atoms with Gasteiger partial charge in [0.05, 0.1) is 12.7 Å². The number of carbonyl (C=O) groups excluding carboxylic acids is 1. The summed E-state index contributed by atoms with van der Waals surface area (Å²) in [6.07, 6.45) is 0. The summed E-state index contributed by atoms with van der Waals surface area (Å²) in [6.45, 7) is 3.86. The molecule has 4 heteroatoms. The Labute approximate surface area is 131 Å². The SMILES string of the molecule is COc1cc(C)c(Br)cc1C(=O)c1cc(C)cc(Cl)c1. The molecule has 0 heterocycles. The first-order valence-corrected chi connectivity index (χ1v) is 7.25. The number of halogens is 2. The van der Waals surface area contributed by atoms with Crippen LogP contribution in [0.5, 0.6) is 5.75 Å². The summed E-state index contributed by atoms with van der Waals surface area (Å²) in [7, 11) is 1.56. The fraction of sp³-hybridized carbons (Fsp3) is 0.188. The van der Waals surface area contributed by atoms with Crippen molar-refractivity contribution in [3.8, 4) is 5.75 Å². The number of ether oxygens (including phenoxy) is 1. The molecule has 0 spiro atoms. The summed E-state index contributed by atoms with van der Waals surface area (Å²) < 4.78 is 6.18. The minimum atomic E-state index is -0.104. The van der Waals surface area contributed by atoms with Gasteiger partial charge in [-0.15, -0.1) is 0 Å². The van der Waals surface area contributed by atoms with Crippen molar-refractivity contribution in [3.05, 3.63) is 62.1 Å². The van der Waals surface area contributed by atoms with Crippen molar-refractivity contribution in [1.29, 1.82) is 0 Å². The fourth-order valence-electron chi connectivity index (χ4n) is 2.02. The topological polar surface area (TPSA) is 26.3 Å². The van der Waals surface area contributed by atoms with E-state index in [0.717, 1.165) is 15.6 Å². The molecule has 104 valence electrons. The van der Waals surface area contributed by atoms with Crippen molar-refractivity contribution in [2.45, 2.75) is 13.8 Å². The van der Waals surface area contributed by atoms with Crippen LogP contribution >= 0.6 is 27.5 Å². The van der Waals surface area contributed by atoms with E-state index in [1.807, 2.05) is 32.0 Å². The van der Waals surface area contributed by atoms with Gasteiger partial charge in [0.1, 0.15) is 5.75 Å². The number of hydrogen-bond acceptors (Lipinski definition) is 2. The molecular weight excluding hydrogens is 340 g/mol. The first kappa shape index (κ1) is 15.1. The number of ketones is 1. The minimum absolute atomic E-state index is 0.104. The molecule has 0 fully saturated rings. The van der Waals surface area contributed by atoms with Crippen molar-refractivity contribution >= 4 is 33.3 Å². The van der Waals surface area contributed by atoms with Crippen LogP contribution in [-0.2, 0) is 0 Å². The van der Waals surface area contributed by atoms with Crippen LogP contribution in [0.3, 0.4) is 0 Å². The second-order valence-corrected chi connectivity index (χ2v) is 5.94. The van der Waals surface area contributed by atoms with Crippen molar-refractivity contribution in [1.82, 2.24) is 0 Å². The summed E-state index contributed by atoms with van der Waals surface area (Å²) >= 11 is 9.46. The van der Waals surface area contributed by atoms with Gasteiger partial charge in [-0.25, -0.2) is 0 Å². The fourth-order valence-corrected chi connectivity index (χ4v) is 2.66. The Hall–Kier alpha value is -1.32. The minimum Gasteiger partial charge on any atom is -0.496 e. The van der Waals surface area contributed by atoms with Crippen LogP contribution in [0, 0.1) is 13.8 Å². The zero-order valence-electron chi connectivity index (χ0n) is 11.5. The quantitative estimate of drug-likeness (QED) is 0.729. The van der Waals surface area contributed by atoms with Crippen LogP contribution < -0.4 is 4.74 Å². The van der Waals surface area contributed by atoms with E-state index >= 15 is 0 Å². The van der Waals surface area contributed by atoms with E-state index in [0.29, 0.717) is 21.9 Å². The highest BCUT2D eigenvalue weighted by atomic mass is 79.9. The summed E-state index contributed by atoms with van der Waals surface area (Å²) in [5.41, 5.74) is 3.04. The van der Waals surface area contributed by atoms with E-state index in [2.05, 4.69) is 15.9 Å². The molecular formula is C16H14BrClO2. The summed E-state index contributed by atoms with van der Waals surface area (Å²) in [5, 5.41) is 0.554. The Morgan fingerprint density at radius 1 is 1.15 bits per heavy atom. The Morgan fingerprint density at radius 2 is 1.85 bits per heavy atom. The maximum Gasteiger partial charge on any atom is 0.196 e. The second-order valence-electron chi connectivity index (χ2n) is 4.65. The molecule has 0 N–H and O–H groups in total. The van der Waals surface area contributed by atoms with Gasteiger partial charge in [-0.3, -0.25) is 4.79 Å². The van der Waals surface area contributed by atoms with Crippen molar-refractivity contribution in [2.75, 3.05) is 7.11 Å². The van der Waals surface area contributed by atoms with Gasteiger partial charge in [0.15, 0.2) is 5.78 Å². The zero-order chi connectivity index (χ0) is 14.9. The smallest absolute Gasteiger partial charge is 0.196 e. The highest BCUT2D eigenvalue weighted by Crippen LogP contribution is 2.29. The molecule has 0 atom stereocenters. The Bertz CT molecular complexity index is 660. The van der Waals surface area contributed by atoms with Crippen LogP contribution in [-0.4, -0.2) is 12.9 Å². The molecule has 0 saturated heterocycles. The molecule has 0 aromatic heterocycles. The van der Waals surface area contributed by atoms with Gasteiger partial charge in [0, 0.05) is 15.1 Å². The molecule has 0 unspecified atom stereocenters. The predicted molar refractivity (Wildman–Crippen MR) is 85.1 cm³/mol. The van der Waals surface area contributed by atoms with Crippen molar-refractivity contribution in [3.63, 3.8) is 0 Å². The Balaban J connectivity index is 2.55. The largest absolute Gasteiger partial charge is 0.496 e. The number of carbonyl (C=O) groups is 1. The van der Waals surface area contributed by atoms with Gasteiger partial charge < -0.3 is 4.74 Å². The molecule has 2 aromatic carbocycles. The molecule has 2 aromatic rings. The molecule has 0 aliphatic rings. The van der Waals surface area contributed by atoms with Crippen LogP contribution in [0.25, 0.3) is 0 Å². The van der Waals surface area contributed by atoms with Crippen LogP contribution in [0.2, 0.25) is 5.02 Å². The van der Waals surface area contributed by atoms with Gasteiger partial charge in [0.2, 0.25) is 0 Å². The monoisotopic (exact) mass is 352 g/mol. The van der Waals surface area contributed by atoms with E-state index in [4.69, 9.17) is 16.3 Å². The summed E-state index contributed by atoms with van der Waals surface area (Å²) in [6, 6.07) is 8.94. The lowest BCUT2D eigenvalue weighted by Gasteiger charge is -2.11. The highest BCUT2D eigenvalue weighted by Gasteiger charge is 2.17.